The molecule has 4 heteroatoms. The molecule has 2 rings (SSSR count). The van der Waals surface area contributed by atoms with Crippen molar-refractivity contribution in [1.29, 1.82) is 0 Å². The summed E-state index contributed by atoms with van der Waals surface area (Å²) in [4.78, 5) is 14.2. The van der Waals surface area contributed by atoms with Gasteiger partial charge in [0.25, 0.3) is 5.91 Å². The topological polar surface area (TPSA) is 52.6 Å². The SMILES string of the molecule is CCN(C)CCNC(=O)c1ccc2ccccc2c1O. The highest BCUT2D eigenvalue weighted by molar-refractivity contribution is 6.03. The van der Waals surface area contributed by atoms with Crippen LogP contribution in [0.3, 0.4) is 0 Å². The van der Waals surface area contributed by atoms with E-state index in [0.29, 0.717) is 17.5 Å². The summed E-state index contributed by atoms with van der Waals surface area (Å²) < 4.78 is 0. The van der Waals surface area contributed by atoms with Gasteiger partial charge in [0.05, 0.1) is 5.56 Å². The summed E-state index contributed by atoms with van der Waals surface area (Å²) in [6.45, 7) is 4.36. The maximum Gasteiger partial charge on any atom is 0.255 e. The largest absolute Gasteiger partial charge is 0.506 e. The molecule has 0 unspecified atom stereocenters. The number of phenols is 1. The lowest BCUT2D eigenvalue weighted by atomic mass is 10.0. The molecule has 0 fully saturated rings. The number of hydrogen-bond acceptors (Lipinski definition) is 3. The molecule has 2 aromatic carbocycles. The van der Waals surface area contributed by atoms with Gasteiger partial charge in [-0.15, -0.1) is 0 Å². The fourth-order valence-corrected chi connectivity index (χ4v) is 2.05. The Hall–Kier alpha value is -2.07. The number of carbonyl (C=O) groups is 1. The fourth-order valence-electron chi connectivity index (χ4n) is 2.05. The third-order valence-corrected chi connectivity index (χ3v) is 3.46. The van der Waals surface area contributed by atoms with Crippen molar-refractivity contribution in [3.8, 4) is 5.75 Å². The van der Waals surface area contributed by atoms with Crippen LogP contribution in [0.25, 0.3) is 10.8 Å². The molecule has 0 spiro atoms. The van der Waals surface area contributed by atoms with E-state index in [1.54, 1.807) is 6.07 Å². The number of carbonyl (C=O) groups excluding carboxylic acids is 1. The second-order valence-corrected chi connectivity index (χ2v) is 4.83. The van der Waals surface area contributed by atoms with Gasteiger partial charge in [0.15, 0.2) is 0 Å². The van der Waals surface area contributed by atoms with Gasteiger partial charge in [-0.05, 0) is 25.0 Å². The number of benzene rings is 2. The van der Waals surface area contributed by atoms with Crippen molar-refractivity contribution in [2.75, 3.05) is 26.7 Å². The second kappa shape index (κ2) is 6.39. The van der Waals surface area contributed by atoms with Gasteiger partial charge in [0, 0.05) is 18.5 Å². The van der Waals surface area contributed by atoms with Crippen molar-refractivity contribution in [1.82, 2.24) is 10.2 Å². The number of rotatable bonds is 5. The third kappa shape index (κ3) is 3.08. The number of nitrogens with one attached hydrogen (secondary N) is 1. The lowest BCUT2D eigenvalue weighted by Crippen LogP contribution is -2.32. The quantitative estimate of drug-likeness (QED) is 0.877. The molecule has 106 valence electrons. The summed E-state index contributed by atoms with van der Waals surface area (Å²) in [7, 11) is 2.00. The zero-order valence-corrected chi connectivity index (χ0v) is 11.9. The van der Waals surface area contributed by atoms with Crippen molar-refractivity contribution in [3.63, 3.8) is 0 Å². The van der Waals surface area contributed by atoms with E-state index in [2.05, 4.69) is 17.1 Å². The van der Waals surface area contributed by atoms with Crippen LogP contribution in [0, 0.1) is 0 Å². The van der Waals surface area contributed by atoms with Crippen LogP contribution in [0.4, 0.5) is 0 Å². The Bertz CT molecular complexity index is 610. The highest BCUT2D eigenvalue weighted by Gasteiger charge is 2.13. The molecule has 0 heterocycles. The zero-order valence-electron chi connectivity index (χ0n) is 11.9. The third-order valence-electron chi connectivity index (χ3n) is 3.46. The molecule has 20 heavy (non-hydrogen) atoms. The minimum atomic E-state index is -0.238. The smallest absolute Gasteiger partial charge is 0.255 e. The lowest BCUT2D eigenvalue weighted by Gasteiger charge is -2.14. The summed E-state index contributed by atoms with van der Waals surface area (Å²) >= 11 is 0. The monoisotopic (exact) mass is 272 g/mol. The summed E-state index contributed by atoms with van der Waals surface area (Å²) in [5.41, 5.74) is 0.322. The molecule has 0 aliphatic carbocycles. The Kier molecular flexibility index (Phi) is 4.58. The molecule has 1 amide bonds. The van der Waals surface area contributed by atoms with Crippen molar-refractivity contribution < 1.29 is 9.90 Å². The van der Waals surface area contributed by atoms with E-state index in [9.17, 15) is 9.90 Å². The highest BCUT2D eigenvalue weighted by atomic mass is 16.3. The van der Waals surface area contributed by atoms with Gasteiger partial charge in [-0.3, -0.25) is 4.79 Å². The van der Waals surface area contributed by atoms with Crippen LogP contribution in [-0.2, 0) is 0 Å². The Balaban J connectivity index is 2.12. The predicted molar refractivity (Wildman–Crippen MR) is 81.1 cm³/mol. The van der Waals surface area contributed by atoms with Gasteiger partial charge >= 0.3 is 0 Å². The Morgan fingerprint density at radius 1 is 1.25 bits per heavy atom. The molecule has 2 aromatic rings. The van der Waals surface area contributed by atoms with Crippen LogP contribution in [0.2, 0.25) is 0 Å². The number of amides is 1. The molecular formula is C16H20N2O2. The van der Waals surface area contributed by atoms with Crippen molar-refractivity contribution >= 4 is 16.7 Å². The van der Waals surface area contributed by atoms with Crippen LogP contribution >= 0.6 is 0 Å². The second-order valence-electron chi connectivity index (χ2n) is 4.83. The van der Waals surface area contributed by atoms with E-state index < -0.39 is 0 Å². The fraction of sp³-hybridized carbons (Fsp3) is 0.312. The van der Waals surface area contributed by atoms with E-state index in [4.69, 9.17) is 0 Å². The average Bonchev–Trinajstić information content (AvgIpc) is 2.47. The normalized spacial score (nSPS) is 10.9. The number of fused-ring (bicyclic) bond motifs is 1. The zero-order chi connectivity index (χ0) is 14.5. The maximum atomic E-state index is 12.1. The van der Waals surface area contributed by atoms with Crippen LogP contribution in [-0.4, -0.2) is 42.6 Å². The highest BCUT2D eigenvalue weighted by Crippen LogP contribution is 2.28. The van der Waals surface area contributed by atoms with Crippen LogP contribution in [0.15, 0.2) is 36.4 Å². The Morgan fingerprint density at radius 3 is 2.75 bits per heavy atom. The van der Waals surface area contributed by atoms with Crippen molar-refractivity contribution in [3.05, 3.63) is 42.0 Å². The van der Waals surface area contributed by atoms with Gasteiger partial charge in [-0.2, -0.15) is 0 Å². The Morgan fingerprint density at radius 2 is 2.00 bits per heavy atom. The average molecular weight is 272 g/mol. The minimum Gasteiger partial charge on any atom is -0.506 e. The van der Waals surface area contributed by atoms with Gasteiger partial charge in [0.2, 0.25) is 0 Å². The summed E-state index contributed by atoms with van der Waals surface area (Å²) in [6.07, 6.45) is 0. The van der Waals surface area contributed by atoms with Gasteiger partial charge < -0.3 is 15.3 Å². The molecule has 0 aliphatic rings. The van der Waals surface area contributed by atoms with Gasteiger partial charge in [-0.25, -0.2) is 0 Å². The van der Waals surface area contributed by atoms with E-state index in [1.165, 1.54) is 0 Å². The molecule has 0 bridgehead atoms. The molecule has 0 atom stereocenters. The summed E-state index contributed by atoms with van der Waals surface area (Å²) in [5, 5.41) is 14.7. The van der Waals surface area contributed by atoms with Gasteiger partial charge in [0.1, 0.15) is 5.75 Å². The standard InChI is InChI=1S/C16H20N2O2/c1-3-18(2)11-10-17-16(20)14-9-8-12-6-4-5-7-13(12)15(14)19/h4-9,19H,3,10-11H2,1-2H3,(H,17,20). The first kappa shape index (κ1) is 14.3. The van der Waals surface area contributed by atoms with Crippen LogP contribution in [0.5, 0.6) is 5.75 Å². The molecule has 0 radical (unpaired) electrons. The first-order valence-electron chi connectivity index (χ1n) is 6.81. The number of phenolic OH excluding ortho intramolecular Hbond substituents is 1. The van der Waals surface area contributed by atoms with E-state index in [1.807, 2.05) is 37.4 Å². The van der Waals surface area contributed by atoms with Crippen LogP contribution in [0.1, 0.15) is 17.3 Å². The van der Waals surface area contributed by atoms with E-state index in [0.717, 1.165) is 18.5 Å². The number of hydrogen-bond donors (Lipinski definition) is 2. The summed E-state index contributed by atoms with van der Waals surface area (Å²) in [5.74, 6) is -0.192. The molecule has 0 aromatic heterocycles. The van der Waals surface area contributed by atoms with Crippen molar-refractivity contribution in [2.24, 2.45) is 0 Å². The molecule has 4 nitrogen and oxygen atoms in total. The van der Waals surface area contributed by atoms with Gasteiger partial charge in [-0.1, -0.05) is 37.3 Å². The number of nitrogens with zero attached hydrogens (tertiary/aromatic N) is 1. The van der Waals surface area contributed by atoms with E-state index >= 15 is 0 Å². The molecular weight excluding hydrogens is 252 g/mol. The Labute approximate surface area is 119 Å². The van der Waals surface area contributed by atoms with Crippen molar-refractivity contribution in [2.45, 2.75) is 6.92 Å². The molecule has 0 saturated heterocycles. The molecule has 0 saturated carbocycles. The minimum absolute atomic E-state index is 0.0458. The summed E-state index contributed by atoms with van der Waals surface area (Å²) in [6, 6.07) is 11.0. The lowest BCUT2D eigenvalue weighted by molar-refractivity contribution is 0.0947. The number of likely N-dealkylation sites (N-methyl/N-ethyl adjacent to an activating group) is 1. The predicted octanol–water partition coefficient (Wildman–Crippen LogP) is 2.23. The van der Waals surface area contributed by atoms with E-state index in [-0.39, 0.29) is 11.7 Å². The molecule has 0 aliphatic heterocycles. The van der Waals surface area contributed by atoms with Crippen LogP contribution < -0.4 is 5.32 Å². The maximum absolute atomic E-state index is 12.1. The number of aromatic hydroxyl groups is 1. The molecule has 2 N–H and O–H groups in total. The first-order chi connectivity index (χ1) is 9.63. The first-order valence-corrected chi connectivity index (χ1v) is 6.81.